The predicted molar refractivity (Wildman–Crippen MR) is 65.3 cm³/mol. The predicted octanol–water partition coefficient (Wildman–Crippen LogP) is 1.48. The second-order valence-corrected chi connectivity index (χ2v) is 4.18. The zero-order chi connectivity index (χ0) is 13.1. The Labute approximate surface area is 103 Å². The lowest BCUT2D eigenvalue weighted by molar-refractivity contribution is -0.132. The summed E-state index contributed by atoms with van der Waals surface area (Å²) in [5.41, 5.74) is 2.06. The number of para-hydroxylation sites is 1. The summed E-state index contributed by atoms with van der Waals surface area (Å²) in [6.07, 6.45) is 0.222. The van der Waals surface area contributed by atoms with Gasteiger partial charge < -0.3 is 4.42 Å². The number of amides is 1. The number of hydroxylamine groups is 1. The van der Waals surface area contributed by atoms with Crippen LogP contribution in [0.1, 0.15) is 12.5 Å². The van der Waals surface area contributed by atoms with Crippen molar-refractivity contribution < 1.29 is 14.4 Å². The molecule has 0 aliphatic heterocycles. The minimum Gasteiger partial charge on any atom is -0.423 e. The molecule has 0 aliphatic rings. The molecule has 1 aromatic carbocycles. The van der Waals surface area contributed by atoms with Gasteiger partial charge in [0.2, 0.25) is 5.91 Å². The van der Waals surface area contributed by atoms with Crippen molar-refractivity contribution in [1.82, 2.24) is 5.48 Å². The van der Waals surface area contributed by atoms with Crippen LogP contribution in [0, 0.1) is 5.92 Å². The Kier molecular flexibility index (Phi) is 3.43. The molecule has 0 radical (unpaired) electrons. The van der Waals surface area contributed by atoms with Crippen LogP contribution in [0.25, 0.3) is 11.0 Å². The highest BCUT2D eigenvalue weighted by atomic mass is 16.5. The fourth-order valence-corrected chi connectivity index (χ4v) is 1.78. The molecule has 1 heterocycles. The topological polar surface area (TPSA) is 79.5 Å². The summed E-state index contributed by atoms with van der Waals surface area (Å²) in [5, 5.41) is 9.33. The summed E-state index contributed by atoms with van der Waals surface area (Å²) in [4.78, 5) is 22.9. The largest absolute Gasteiger partial charge is 0.423 e. The van der Waals surface area contributed by atoms with Gasteiger partial charge in [-0.05, 0) is 18.6 Å². The maximum absolute atomic E-state index is 11.7. The first kappa shape index (κ1) is 12.3. The van der Waals surface area contributed by atoms with Gasteiger partial charge in [-0.3, -0.25) is 10.0 Å². The molecular formula is C13H13NO4. The van der Waals surface area contributed by atoms with Gasteiger partial charge in [-0.1, -0.05) is 25.1 Å². The molecule has 0 aliphatic carbocycles. The fourth-order valence-electron chi connectivity index (χ4n) is 1.78. The first-order valence-electron chi connectivity index (χ1n) is 5.57. The van der Waals surface area contributed by atoms with Gasteiger partial charge >= 0.3 is 5.63 Å². The van der Waals surface area contributed by atoms with E-state index in [0.29, 0.717) is 11.1 Å². The molecule has 2 aromatic rings. The third kappa shape index (κ3) is 2.41. The maximum Gasteiger partial charge on any atom is 0.339 e. The van der Waals surface area contributed by atoms with Gasteiger partial charge in [0.05, 0.1) is 0 Å². The van der Waals surface area contributed by atoms with Gasteiger partial charge in [0.1, 0.15) is 5.58 Å². The monoisotopic (exact) mass is 247 g/mol. The lowest BCUT2D eigenvalue weighted by Gasteiger charge is -2.08. The molecule has 0 bridgehead atoms. The molecule has 1 amide bonds. The molecule has 2 N–H and O–H groups in total. The van der Waals surface area contributed by atoms with E-state index in [0.717, 1.165) is 5.39 Å². The van der Waals surface area contributed by atoms with Crippen LogP contribution in [0.2, 0.25) is 0 Å². The number of fused-ring (bicyclic) bond motifs is 1. The molecule has 0 saturated heterocycles. The molecule has 1 unspecified atom stereocenters. The average Bonchev–Trinajstić information content (AvgIpc) is 2.38. The van der Waals surface area contributed by atoms with Crippen molar-refractivity contribution in [1.29, 1.82) is 0 Å². The third-order valence-electron chi connectivity index (χ3n) is 2.80. The molecule has 0 saturated carbocycles. The molecule has 94 valence electrons. The van der Waals surface area contributed by atoms with Crippen LogP contribution in [0.4, 0.5) is 0 Å². The van der Waals surface area contributed by atoms with Crippen molar-refractivity contribution in [2.24, 2.45) is 5.92 Å². The first-order valence-corrected chi connectivity index (χ1v) is 5.57. The van der Waals surface area contributed by atoms with Gasteiger partial charge in [-0.25, -0.2) is 10.3 Å². The normalized spacial score (nSPS) is 12.3. The first-order chi connectivity index (χ1) is 8.61. The van der Waals surface area contributed by atoms with Crippen LogP contribution in [0.15, 0.2) is 39.5 Å². The van der Waals surface area contributed by atoms with E-state index in [1.807, 2.05) is 12.1 Å². The molecule has 2 rings (SSSR count). The zero-order valence-corrected chi connectivity index (χ0v) is 9.84. The third-order valence-corrected chi connectivity index (χ3v) is 2.80. The number of hydrogen-bond acceptors (Lipinski definition) is 4. The number of benzene rings is 1. The van der Waals surface area contributed by atoms with Crippen LogP contribution < -0.4 is 11.1 Å². The lowest BCUT2D eigenvalue weighted by Crippen LogP contribution is -2.28. The quantitative estimate of drug-likeness (QED) is 0.489. The van der Waals surface area contributed by atoms with Crippen LogP contribution in [0.3, 0.4) is 0 Å². The standard InChI is InChI=1S/C13H13NO4/c1-8(12(15)14-17)6-10-7-9-4-2-3-5-11(9)18-13(10)16/h2-5,7-8,17H,6H2,1H3,(H,14,15). The van der Waals surface area contributed by atoms with Crippen molar-refractivity contribution in [2.45, 2.75) is 13.3 Å². The lowest BCUT2D eigenvalue weighted by atomic mass is 10.0. The molecule has 0 spiro atoms. The number of carbonyl (C=O) groups excluding carboxylic acids is 1. The summed E-state index contributed by atoms with van der Waals surface area (Å²) >= 11 is 0. The summed E-state index contributed by atoms with van der Waals surface area (Å²) in [6.45, 7) is 1.63. The summed E-state index contributed by atoms with van der Waals surface area (Å²) in [7, 11) is 0. The fraction of sp³-hybridized carbons (Fsp3) is 0.231. The van der Waals surface area contributed by atoms with Gasteiger partial charge in [0.25, 0.3) is 0 Å². The second-order valence-electron chi connectivity index (χ2n) is 4.18. The maximum atomic E-state index is 11.7. The van der Waals surface area contributed by atoms with Gasteiger partial charge in [-0.2, -0.15) is 0 Å². The summed E-state index contributed by atoms with van der Waals surface area (Å²) < 4.78 is 5.16. The Bertz CT molecular complexity index is 632. The number of hydrogen-bond donors (Lipinski definition) is 2. The highest BCUT2D eigenvalue weighted by Gasteiger charge is 2.15. The van der Waals surface area contributed by atoms with E-state index >= 15 is 0 Å². The van der Waals surface area contributed by atoms with Crippen LogP contribution >= 0.6 is 0 Å². The summed E-state index contributed by atoms with van der Waals surface area (Å²) in [6, 6.07) is 8.88. The van der Waals surface area contributed by atoms with E-state index in [4.69, 9.17) is 9.62 Å². The van der Waals surface area contributed by atoms with Crippen LogP contribution in [0.5, 0.6) is 0 Å². The Morgan fingerprint density at radius 2 is 2.17 bits per heavy atom. The minimum atomic E-state index is -0.525. The van der Waals surface area contributed by atoms with Gasteiger partial charge in [0.15, 0.2) is 0 Å². The van der Waals surface area contributed by atoms with Crippen LogP contribution in [-0.4, -0.2) is 11.1 Å². The van der Waals surface area contributed by atoms with Gasteiger partial charge in [-0.15, -0.1) is 0 Å². The molecule has 5 nitrogen and oxygen atoms in total. The van der Waals surface area contributed by atoms with E-state index in [9.17, 15) is 9.59 Å². The van der Waals surface area contributed by atoms with E-state index in [1.54, 1.807) is 30.6 Å². The van der Waals surface area contributed by atoms with E-state index in [2.05, 4.69) is 0 Å². The Morgan fingerprint density at radius 3 is 2.89 bits per heavy atom. The minimum absolute atomic E-state index is 0.222. The van der Waals surface area contributed by atoms with Crippen molar-refractivity contribution in [3.8, 4) is 0 Å². The average molecular weight is 247 g/mol. The molecule has 5 heteroatoms. The molecule has 0 fully saturated rings. The Balaban J connectivity index is 2.36. The van der Waals surface area contributed by atoms with E-state index in [1.165, 1.54) is 0 Å². The van der Waals surface area contributed by atoms with Crippen molar-refractivity contribution >= 4 is 16.9 Å². The van der Waals surface area contributed by atoms with Crippen molar-refractivity contribution in [2.75, 3.05) is 0 Å². The summed E-state index contributed by atoms with van der Waals surface area (Å²) in [5.74, 6) is -1.03. The molecular weight excluding hydrogens is 234 g/mol. The van der Waals surface area contributed by atoms with Crippen molar-refractivity contribution in [3.63, 3.8) is 0 Å². The van der Waals surface area contributed by atoms with Gasteiger partial charge in [0, 0.05) is 16.9 Å². The zero-order valence-electron chi connectivity index (χ0n) is 9.84. The highest BCUT2D eigenvalue weighted by molar-refractivity contribution is 5.78. The Hall–Kier alpha value is -2.14. The second kappa shape index (κ2) is 5.01. The van der Waals surface area contributed by atoms with Crippen LogP contribution in [-0.2, 0) is 11.2 Å². The highest BCUT2D eigenvalue weighted by Crippen LogP contribution is 2.14. The van der Waals surface area contributed by atoms with E-state index < -0.39 is 17.5 Å². The Morgan fingerprint density at radius 1 is 1.44 bits per heavy atom. The number of nitrogens with one attached hydrogen (secondary N) is 1. The SMILES string of the molecule is CC(Cc1cc2ccccc2oc1=O)C(=O)NO. The smallest absolute Gasteiger partial charge is 0.339 e. The molecule has 1 atom stereocenters. The number of carbonyl (C=O) groups is 1. The molecule has 18 heavy (non-hydrogen) atoms. The number of rotatable bonds is 3. The molecule has 1 aromatic heterocycles. The van der Waals surface area contributed by atoms with Crippen molar-refractivity contribution in [3.05, 3.63) is 46.3 Å². The van der Waals surface area contributed by atoms with E-state index in [-0.39, 0.29) is 6.42 Å².